The number of ether oxygens (including phenoxy) is 1. The van der Waals surface area contributed by atoms with Crippen molar-refractivity contribution in [2.45, 2.75) is 13.0 Å². The highest BCUT2D eigenvalue weighted by Crippen LogP contribution is 2.16. The molecule has 0 aliphatic rings. The number of nitrogens with two attached hydrogens (primary N) is 1. The fourth-order valence-corrected chi connectivity index (χ4v) is 1.59. The molecule has 2 rings (SSSR count). The van der Waals surface area contributed by atoms with E-state index in [-0.39, 0.29) is 6.61 Å². The van der Waals surface area contributed by atoms with Crippen LogP contribution in [0.1, 0.15) is 6.92 Å². The largest absolute Gasteiger partial charge is 0.464 e. The Labute approximate surface area is 112 Å². The van der Waals surface area contributed by atoms with Crippen molar-refractivity contribution in [3.8, 4) is 0 Å². The summed E-state index contributed by atoms with van der Waals surface area (Å²) in [4.78, 5) is 36.5. The van der Waals surface area contributed by atoms with Crippen molar-refractivity contribution in [2.75, 3.05) is 11.9 Å². The Bertz CT molecular complexity index is 702. The van der Waals surface area contributed by atoms with Crippen molar-refractivity contribution in [1.82, 2.24) is 4.98 Å². The van der Waals surface area contributed by atoms with Gasteiger partial charge in [-0.1, -0.05) is 0 Å². The van der Waals surface area contributed by atoms with Crippen LogP contribution in [0, 0.1) is 0 Å². The molecule has 0 radical (unpaired) electrons. The van der Waals surface area contributed by atoms with Crippen LogP contribution in [0.3, 0.4) is 0 Å². The second kappa shape index (κ2) is 5.57. The molecule has 1 heterocycles. The molecule has 0 saturated carbocycles. The zero-order chi connectivity index (χ0) is 14.7. The third kappa shape index (κ3) is 2.86. The van der Waals surface area contributed by atoms with E-state index < -0.39 is 23.7 Å². The molecular formula is C12H13N3O5. The van der Waals surface area contributed by atoms with Crippen LogP contribution >= 0.6 is 0 Å². The highest BCUT2D eigenvalue weighted by Gasteiger charge is 2.23. The van der Waals surface area contributed by atoms with Gasteiger partial charge in [0.25, 0.3) is 5.91 Å². The van der Waals surface area contributed by atoms with E-state index in [4.69, 9.17) is 10.2 Å². The van der Waals surface area contributed by atoms with Gasteiger partial charge in [0.1, 0.15) is 0 Å². The number of amides is 1. The van der Waals surface area contributed by atoms with Gasteiger partial charge in [-0.25, -0.2) is 9.59 Å². The molecule has 20 heavy (non-hydrogen) atoms. The molecule has 0 spiro atoms. The predicted molar refractivity (Wildman–Crippen MR) is 70.1 cm³/mol. The van der Waals surface area contributed by atoms with E-state index in [1.54, 1.807) is 6.92 Å². The molecule has 1 atom stereocenters. The number of fused-ring (bicyclic) bond motifs is 1. The smallest absolute Gasteiger partial charge is 0.417 e. The number of hydrogen-bond donors (Lipinski definition) is 3. The van der Waals surface area contributed by atoms with Gasteiger partial charge in [0.05, 0.1) is 12.1 Å². The summed E-state index contributed by atoms with van der Waals surface area (Å²) in [7, 11) is 0. The third-order valence-electron chi connectivity index (χ3n) is 2.51. The molecule has 0 fully saturated rings. The number of carbonyl (C=O) groups excluding carboxylic acids is 2. The quantitative estimate of drug-likeness (QED) is 0.532. The SMILES string of the molecule is CCOC(=O)C(N)C(=O)Nc1ccc2oc(=O)[nH]c2c1. The molecule has 0 aliphatic carbocycles. The average Bonchev–Trinajstić information content (AvgIpc) is 2.77. The summed E-state index contributed by atoms with van der Waals surface area (Å²) < 4.78 is 9.47. The van der Waals surface area contributed by atoms with Crippen LogP contribution in [-0.4, -0.2) is 29.5 Å². The van der Waals surface area contributed by atoms with Crippen LogP contribution in [-0.2, 0) is 14.3 Å². The zero-order valence-corrected chi connectivity index (χ0v) is 10.6. The Morgan fingerprint density at radius 3 is 2.95 bits per heavy atom. The van der Waals surface area contributed by atoms with Crippen LogP contribution in [0.15, 0.2) is 27.4 Å². The topological polar surface area (TPSA) is 127 Å². The van der Waals surface area contributed by atoms with E-state index in [0.29, 0.717) is 16.8 Å². The number of hydrogen-bond acceptors (Lipinski definition) is 6. The number of benzene rings is 1. The molecule has 8 nitrogen and oxygen atoms in total. The first kappa shape index (κ1) is 13.8. The number of aromatic nitrogens is 1. The Morgan fingerprint density at radius 2 is 2.25 bits per heavy atom. The lowest BCUT2D eigenvalue weighted by molar-refractivity contribution is -0.146. The molecule has 1 unspecified atom stereocenters. The fraction of sp³-hybridized carbons (Fsp3) is 0.250. The summed E-state index contributed by atoms with van der Waals surface area (Å²) >= 11 is 0. The van der Waals surface area contributed by atoms with E-state index in [2.05, 4.69) is 15.0 Å². The number of rotatable bonds is 4. The van der Waals surface area contributed by atoms with Gasteiger partial charge >= 0.3 is 11.7 Å². The monoisotopic (exact) mass is 279 g/mol. The number of aromatic amines is 1. The first-order valence-electron chi connectivity index (χ1n) is 5.87. The maximum absolute atomic E-state index is 11.7. The van der Waals surface area contributed by atoms with Crippen LogP contribution < -0.4 is 16.8 Å². The van der Waals surface area contributed by atoms with Crippen LogP contribution in [0.25, 0.3) is 11.1 Å². The summed E-state index contributed by atoms with van der Waals surface area (Å²) in [5, 5.41) is 2.45. The van der Waals surface area contributed by atoms with Crippen molar-refractivity contribution in [1.29, 1.82) is 0 Å². The predicted octanol–water partition coefficient (Wildman–Crippen LogP) is -0.0500. The zero-order valence-electron chi connectivity index (χ0n) is 10.6. The molecule has 1 aromatic carbocycles. The van der Waals surface area contributed by atoms with Gasteiger partial charge in [-0.15, -0.1) is 0 Å². The maximum atomic E-state index is 11.7. The van der Waals surface area contributed by atoms with Gasteiger partial charge in [0.2, 0.25) is 0 Å². The van der Waals surface area contributed by atoms with E-state index in [9.17, 15) is 14.4 Å². The first-order valence-corrected chi connectivity index (χ1v) is 5.87. The third-order valence-corrected chi connectivity index (χ3v) is 2.51. The number of carbonyl (C=O) groups is 2. The van der Waals surface area contributed by atoms with E-state index >= 15 is 0 Å². The molecule has 0 saturated heterocycles. The van der Waals surface area contributed by atoms with Gasteiger partial charge < -0.3 is 20.2 Å². The van der Waals surface area contributed by atoms with Crippen LogP contribution in [0.5, 0.6) is 0 Å². The minimum atomic E-state index is -1.41. The van der Waals surface area contributed by atoms with E-state index in [1.165, 1.54) is 18.2 Å². The van der Waals surface area contributed by atoms with Crippen molar-refractivity contribution < 1.29 is 18.7 Å². The second-order valence-corrected chi connectivity index (χ2v) is 3.94. The van der Waals surface area contributed by atoms with Crippen molar-refractivity contribution in [3.63, 3.8) is 0 Å². The number of esters is 1. The Hall–Kier alpha value is -2.61. The molecule has 106 valence electrons. The molecule has 1 aromatic heterocycles. The van der Waals surface area contributed by atoms with Gasteiger partial charge in [-0.3, -0.25) is 9.78 Å². The fourth-order valence-electron chi connectivity index (χ4n) is 1.59. The second-order valence-electron chi connectivity index (χ2n) is 3.94. The Balaban J connectivity index is 2.13. The minimum Gasteiger partial charge on any atom is -0.464 e. The number of anilines is 1. The van der Waals surface area contributed by atoms with E-state index in [1.807, 2.05) is 0 Å². The maximum Gasteiger partial charge on any atom is 0.417 e. The standard InChI is InChI=1S/C12H13N3O5/c1-2-19-11(17)9(13)10(16)14-6-3-4-8-7(5-6)15-12(18)20-8/h3-5,9H,2,13H2,1H3,(H,14,16)(H,15,18). The summed E-state index contributed by atoms with van der Waals surface area (Å²) in [5.41, 5.74) is 6.61. The van der Waals surface area contributed by atoms with Crippen LogP contribution in [0.4, 0.5) is 5.69 Å². The molecule has 8 heteroatoms. The lowest BCUT2D eigenvalue weighted by Gasteiger charge is -2.11. The highest BCUT2D eigenvalue weighted by atomic mass is 16.5. The molecule has 2 aromatic rings. The average molecular weight is 279 g/mol. The molecule has 1 amide bonds. The first-order chi connectivity index (χ1) is 9.51. The highest BCUT2D eigenvalue weighted by molar-refractivity contribution is 6.08. The summed E-state index contributed by atoms with van der Waals surface area (Å²) in [5.74, 6) is -2.09. The molecule has 0 bridgehead atoms. The molecule has 4 N–H and O–H groups in total. The lowest BCUT2D eigenvalue weighted by atomic mass is 10.2. The number of H-pyrrole nitrogens is 1. The summed E-state index contributed by atoms with van der Waals surface area (Å²) in [6.45, 7) is 1.76. The van der Waals surface area contributed by atoms with Gasteiger partial charge in [-0.2, -0.15) is 0 Å². The number of nitrogens with one attached hydrogen (secondary N) is 2. The van der Waals surface area contributed by atoms with Gasteiger partial charge in [-0.05, 0) is 25.1 Å². The van der Waals surface area contributed by atoms with E-state index in [0.717, 1.165) is 0 Å². The summed E-state index contributed by atoms with van der Waals surface area (Å²) in [6.07, 6.45) is 0. The number of oxazole rings is 1. The Kier molecular flexibility index (Phi) is 3.85. The van der Waals surface area contributed by atoms with Gasteiger partial charge in [0.15, 0.2) is 11.6 Å². The van der Waals surface area contributed by atoms with Crippen molar-refractivity contribution >= 4 is 28.7 Å². The Morgan fingerprint density at radius 1 is 1.50 bits per heavy atom. The van der Waals surface area contributed by atoms with Crippen LogP contribution in [0.2, 0.25) is 0 Å². The normalized spacial score (nSPS) is 12.1. The van der Waals surface area contributed by atoms with Crippen molar-refractivity contribution in [3.05, 3.63) is 28.7 Å². The van der Waals surface area contributed by atoms with Gasteiger partial charge in [0, 0.05) is 5.69 Å². The summed E-state index contributed by atoms with van der Waals surface area (Å²) in [6, 6.07) is 3.12. The minimum absolute atomic E-state index is 0.141. The molecular weight excluding hydrogens is 266 g/mol. The molecule has 0 aliphatic heterocycles. The lowest BCUT2D eigenvalue weighted by Crippen LogP contribution is -2.43. The van der Waals surface area contributed by atoms with Crippen molar-refractivity contribution in [2.24, 2.45) is 5.73 Å².